The summed E-state index contributed by atoms with van der Waals surface area (Å²) in [5.41, 5.74) is 1.10. The van der Waals surface area contributed by atoms with E-state index in [2.05, 4.69) is 24.3 Å². The van der Waals surface area contributed by atoms with Gasteiger partial charge >= 0.3 is 5.97 Å². The number of amides is 2. The third-order valence-electron chi connectivity index (χ3n) is 4.06. The second-order valence-electron chi connectivity index (χ2n) is 6.55. The van der Waals surface area contributed by atoms with Crippen molar-refractivity contribution in [1.29, 1.82) is 0 Å². The number of nitrogens with zero attached hydrogens (tertiary/aromatic N) is 3. The van der Waals surface area contributed by atoms with E-state index in [9.17, 15) is 19.5 Å². The van der Waals surface area contributed by atoms with E-state index < -0.39 is 17.9 Å². The number of carboxylic acids is 1. The fraction of sp³-hybridized carbons (Fsp3) is 0.647. The molecular formula is C17H28N4O4. The molecule has 0 spiro atoms. The van der Waals surface area contributed by atoms with Crippen LogP contribution in [-0.4, -0.2) is 56.7 Å². The maximum Gasteiger partial charge on any atom is 0.326 e. The third-order valence-corrected chi connectivity index (χ3v) is 4.06. The molecule has 0 aliphatic rings. The summed E-state index contributed by atoms with van der Waals surface area (Å²) in [6.45, 7) is 9.87. The van der Waals surface area contributed by atoms with E-state index in [1.165, 1.54) is 24.9 Å². The number of aryl methyl sites for hydroxylation is 1. The van der Waals surface area contributed by atoms with Gasteiger partial charge in [0.05, 0.1) is 11.8 Å². The van der Waals surface area contributed by atoms with Crippen LogP contribution in [-0.2, 0) is 16.1 Å². The molecule has 8 nitrogen and oxygen atoms in total. The number of aliphatic carboxylic acids is 1. The van der Waals surface area contributed by atoms with Gasteiger partial charge in [0, 0.05) is 32.3 Å². The van der Waals surface area contributed by atoms with Crippen molar-refractivity contribution in [2.24, 2.45) is 5.92 Å². The Kier molecular flexibility index (Phi) is 7.60. The second kappa shape index (κ2) is 9.19. The minimum Gasteiger partial charge on any atom is -0.480 e. The zero-order valence-corrected chi connectivity index (χ0v) is 15.6. The van der Waals surface area contributed by atoms with E-state index in [1.807, 2.05) is 0 Å². The first-order chi connectivity index (χ1) is 11.6. The highest BCUT2D eigenvalue weighted by Crippen LogP contribution is 2.14. The van der Waals surface area contributed by atoms with E-state index in [0.717, 1.165) is 6.42 Å². The van der Waals surface area contributed by atoms with Crippen LogP contribution in [0.2, 0.25) is 0 Å². The van der Waals surface area contributed by atoms with Crippen LogP contribution in [0, 0.1) is 12.8 Å². The van der Waals surface area contributed by atoms with Crippen molar-refractivity contribution in [3.8, 4) is 0 Å². The smallest absolute Gasteiger partial charge is 0.326 e. The molecule has 1 heterocycles. The van der Waals surface area contributed by atoms with Gasteiger partial charge in [0.25, 0.3) is 5.91 Å². The molecule has 1 atom stereocenters. The Bertz CT molecular complexity index is 624. The van der Waals surface area contributed by atoms with Crippen molar-refractivity contribution in [2.75, 3.05) is 13.1 Å². The summed E-state index contributed by atoms with van der Waals surface area (Å²) in [6, 6.07) is -1.00. The molecular weight excluding hydrogens is 324 g/mol. The van der Waals surface area contributed by atoms with Crippen LogP contribution in [0.15, 0.2) is 6.20 Å². The summed E-state index contributed by atoms with van der Waals surface area (Å²) < 4.78 is 1.77. The number of carbonyl (C=O) groups is 3. The molecule has 0 bridgehead atoms. The van der Waals surface area contributed by atoms with Crippen LogP contribution < -0.4 is 5.32 Å². The number of aromatic nitrogens is 2. The van der Waals surface area contributed by atoms with Crippen LogP contribution in [0.1, 0.15) is 50.2 Å². The van der Waals surface area contributed by atoms with Crippen LogP contribution in [0.4, 0.5) is 0 Å². The number of carbonyl (C=O) groups excluding carboxylic acids is 2. The summed E-state index contributed by atoms with van der Waals surface area (Å²) in [7, 11) is 0. The lowest BCUT2D eigenvalue weighted by Crippen LogP contribution is -2.46. The molecule has 0 radical (unpaired) electrons. The van der Waals surface area contributed by atoms with Gasteiger partial charge in [0.15, 0.2) is 0 Å². The molecule has 1 unspecified atom stereocenters. The first-order valence-electron chi connectivity index (χ1n) is 8.45. The molecule has 25 heavy (non-hydrogen) atoms. The number of hydrogen-bond donors (Lipinski definition) is 2. The summed E-state index contributed by atoms with van der Waals surface area (Å²) >= 11 is 0. The Balaban J connectivity index is 2.96. The van der Waals surface area contributed by atoms with Crippen molar-refractivity contribution in [2.45, 2.75) is 53.6 Å². The van der Waals surface area contributed by atoms with Crippen molar-refractivity contribution in [3.05, 3.63) is 17.5 Å². The predicted molar refractivity (Wildman–Crippen MR) is 93.2 cm³/mol. The summed E-state index contributed by atoms with van der Waals surface area (Å²) in [6.07, 6.45) is 2.42. The number of nitrogens with one attached hydrogen (secondary N) is 1. The molecule has 140 valence electrons. The highest BCUT2D eigenvalue weighted by molar-refractivity contribution is 5.97. The average molecular weight is 352 g/mol. The SMILES string of the molecule is CC(=O)NCCN(C(=O)c1cnn(CCC(C)C)c1C)C(C)C(=O)O. The third kappa shape index (κ3) is 5.88. The Morgan fingerprint density at radius 3 is 2.48 bits per heavy atom. The summed E-state index contributed by atoms with van der Waals surface area (Å²) in [4.78, 5) is 36.4. The van der Waals surface area contributed by atoms with Crippen molar-refractivity contribution in [1.82, 2.24) is 20.0 Å². The monoisotopic (exact) mass is 352 g/mol. The fourth-order valence-corrected chi connectivity index (χ4v) is 2.37. The Hall–Kier alpha value is -2.38. The van der Waals surface area contributed by atoms with E-state index in [0.29, 0.717) is 23.7 Å². The van der Waals surface area contributed by atoms with Crippen molar-refractivity contribution in [3.63, 3.8) is 0 Å². The minimum atomic E-state index is -1.10. The predicted octanol–water partition coefficient (Wildman–Crippen LogP) is 1.29. The van der Waals surface area contributed by atoms with Gasteiger partial charge in [-0.3, -0.25) is 14.3 Å². The molecule has 2 N–H and O–H groups in total. The molecule has 0 aromatic carbocycles. The van der Waals surface area contributed by atoms with E-state index in [1.54, 1.807) is 11.6 Å². The maximum atomic E-state index is 12.8. The number of hydrogen-bond acceptors (Lipinski definition) is 4. The van der Waals surface area contributed by atoms with Gasteiger partial charge in [-0.1, -0.05) is 13.8 Å². The Labute approximate surface area is 148 Å². The molecule has 1 aromatic heterocycles. The highest BCUT2D eigenvalue weighted by Gasteiger charge is 2.28. The molecule has 0 saturated heterocycles. The lowest BCUT2D eigenvalue weighted by Gasteiger charge is -2.26. The zero-order chi connectivity index (χ0) is 19.1. The largest absolute Gasteiger partial charge is 0.480 e. The van der Waals surface area contributed by atoms with Gasteiger partial charge < -0.3 is 15.3 Å². The molecule has 2 amide bonds. The lowest BCUT2D eigenvalue weighted by molar-refractivity contribution is -0.141. The average Bonchev–Trinajstić information content (AvgIpc) is 2.88. The quantitative estimate of drug-likeness (QED) is 0.697. The molecule has 1 rings (SSSR count). The van der Waals surface area contributed by atoms with Crippen molar-refractivity contribution >= 4 is 17.8 Å². The topological polar surface area (TPSA) is 105 Å². The summed E-state index contributed by atoms with van der Waals surface area (Å²) in [5, 5.41) is 16.1. The molecule has 8 heteroatoms. The van der Waals surface area contributed by atoms with Gasteiger partial charge in [-0.25, -0.2) is 4.79 Å². The fourth-order valence-electron chi connectivity index (χ4n) is 2.37. The van der Waals surface area contributed by atoms with Gasteiger partial charge in [-0.2, -0.15) is 5.10 Å². The first kappa shape index (κ1) is 20.7. The Morgan fingerprint density at radius 2 is 1.96 bits per heavy atom. The van der Waals surface area contributed by atoms with Gasteiger partial charge in [0.1, 0.15) is 6.04 Å². The number of carboxylic acid groups (broad SMARTS) is 1. The zero-order valence-electron chi connectivity index (χ0n) is 15.6. The van der Waals surface area contributed by atoms with Gasteiger partial charge in [0.2, 0.25) is 5.91 Å². The van der Waals surface area contributed by atoms with E-state index >= 15 is 0 Å². The maximum absolute atomic E-state index is 12.8. The standard InChI is InChI=1S/C17H28N4O4/c1-11(2)6-8-21-12(3)15(10-19-21)16(23)20(13(4)17(24)25)9-7-18-14(5)22/h10-11,13H,6-9H2,1-5H3,(H,18,22)(H,24,25). The Morgan fingerprint density at radius 1 is 1.32 bits per heavy atom. The molecule has 0 fully saturated rings. The molecule has 1 aromatic rings. The van der Waals surface area contributed by atoms with Gasteiger partial charge in [-0.05, 0) is 26.2 Å². The normalized spacial score (nSPS) is 12.1. The second-order valence-corrected chi connectivity index (χ2v) is 6.55. The van der Waals surface area contributed by atoms with Crippen LogP contribution in [0.3, 0.4) is 0 Å². The van der Waals surface area contributed by atoms with Crippen LogP contribution in [0.5, 0.6) is 0 Å². The number of rotatable bonds is 9. The molecule has 0 saturated carbocycles. The van der Waals surface area contributed by atoms with E-state index in [4.69, 9.17) is 0 Å². The minimum absolute atomic E-state index is 0.114. The van der Waals surface area contributed by atoms with Crippen LogP contribution in [0.25, 0.3) is 0 Å². The first-order valence-corrected chi connectivity index (χ1v) is 8.45. The van der Waals surface area contributed by atoms with Gasteiger partial charge in [-0.15, -0.1) is 0 Å². The molecule has 0 aliphatic heterocycles. The lowest BCUT2D eigenvalue weighted by atomic mass is 10.1. The van der Waals surface area contributed by atoms with E-state index in [-0.39, 0.29) is 19.0 Å². The van der Waals surface area contributed by atoms with Crippen molar-refractivity contribution < 1.29 is 19.5 Å². The van der Waals surface area contributed by atoms with Crippen LogP contribution >= 0.6 is 0 Å². The molecule has 0 aliphatic carbocycles. The summed E-state index contributed by atoms with van der Waals surface area (Å²) in [5.74, 6) is -1.20. The highest BCUT2D eigenvalue weighted by atomic mass is 16.4.